The van der Waals surface area contributed by atoms with E-state index in [0.29, 0.717) is 11.2 Å². The maximum atomic E-state index is 12.0. The molecule has 0 unspecified atom stereocenters. The van der Waals surface area contributed by atoms with E-state index in [0.717, 1.165) is 17.8 Å². The van der Waals surface area contributed by atoms with E-state index in [2.05, 4.69) is 17.4 Å². The van der Waals surface area contributed by atoms with Crippen molar-refractivity contribution in [2.24, 2.45) is 23.7 Å². The lowest BCUT2D eigenvalue weighted by molar-refractivity contribution is -0.143. The van der Waals surface area contributed by atoms with Gasteiger partial charge in [0.15, 0.2) is 6.61 Å². The molecular weight excluding hydrogens is 354 g/mol. The van der Waals surface area contributed by atoms with Crippen LogP contribution in [0.3, 0.4) is 0 Å². The predicted octanol–water partition coefficient (Wildman–Crippen LogP) is 3.76. The molecule has 0 spiro atoms. The second-order valence-corrected chi connectivity index (χ2v) is 9.64. The number of amides is 1. The Labute approximate surface area is 166 Å². The third kappa shape index (κ3) is 3.76. The van der Waals surface area contributed by atoms with Crippen molar-refractivity contribution in [3.63, 3.8) is 0 Å². The maximum absolute atomic E-state index is 12.0. The molecular formula is C23H31NO4. The van der Waals surface area contributed by atoms with Gasteiger partial charge in [-0.2, -0.15) is 0 Å². The van der Waals surface area contributed by atoms with Gasteiger partial charge in [0.2, 0.25) is 0 Å². The Bertz CT molecular complexity index is 704. The fraction of sp³-hybridized carbons (Fsp3) is 0.652. The highest BCUT2D eigenvalue weighted by Crippen LogP contribution is 2.60. The van der Waals surface area contributed by atoms with Crippen molar-refractivity contribution in [3.05, 3.63) is 29.8 Å². The van der Waals surface area contributed by atoms with Crippen LogP contribution >= 0.6 is 0 Å². The van der Waals surface area contributed by atoms with Crippen molar-refractivity contribution in [1.29, 1.82) is 0 Å². The molecule has 5 heteroatoms. The number of hydrogen-bond donors (Lipinski definition) is 2. The van der Waals surface area contributed by atoms with Crippen molar-refractivity contribution >= 4 is 11.9 Å². The second kappa shape index (κ2) is 7.41. The van der Waals surface area contributed by atoms with Gasteiger partial charge in [-0.05, 0) is 85.3 Å². The van der Waals surface area contributed by atoms with E-state index in [-0.39, 0.29) is 12.5 Å². The SMILES string of the molecule is CC(C)[C@@H](NC(=O)COc1ccc(C23CC4CC(CC(C4)C2)C3)cc1)C(=O)O. The average Bonchev–Trinajstić information content (AvgIpc) is 2.63. The van der Waals surface area contributed by atoms with Gasteiger partial charge in [0.1, 0.15) is 11.8 Å². The molecule has 28 heavy (non-hydrogen) atoms. The Morgan fingerprint density at radius 2 is 1.61 bits per heavy atom. The number of carboxylic acid groups (broad SMARTS) is 1. The summed E-state index contributed by atoms with van der Waals surface area (Å²) in [5.74, 6) is 1.77. The van der Waals surface area contributed by atoms with E-state index in [1.165, 1.54) is 44.1 Å². The van der Waals surface area contributed by atoms with Gasteiger partial charge in [-0.15, -0.1) is 0 Å². The summed E-state index contributed by atoms with van der Waals surface area (Å²) < 4.78 is 5.60. The van der Waals surface area contributed by atoms with Crippen LogP contribution in [0.2, 0.25) is 0 Å². The summed E-state index contributed by atoms with van der Waals surface area (Å²) in [6, 6.07) is 7.37. The number of carbonyl (C=O) groups excluding carboxylic acids is 1. The van der Waals surface area contributed by atoms with Crippen LogP contribution in [-0.4, -0.2) is 29.6 Å². The standard InChI is InChI=1S/C23H31NO4/c1-14(2)21(22(26)27)24-20(25)13-28-19-5-3-18(4-6-19)23-10-15-7-16(11-23)9-17(8-15)12-23/h3-6,14-17,21H,7-13H2,1-2H3,(H,24,25)(H,26,27)/t15?,16?,17?,21-,23?/m1/s1. The highest BCUT2D eigenvalue weighted by atomic mass is 16.5. The lowest BCUT2D eigenvalue weighted by atomic mass is 9.48. The number of carboxylic acids is 1. The summed E-state index contributed by atoms with van der Waals surface area (Å²) in [7, 11) is 0. The highest BCUT2D eigenvalue weighted by Gasteiger charge is 2.51. The lowest BCUT2D eigenvalue weighted by Crippen LogP contribution is -2.48. The molecule has 2 N–H and O–H groups in total. The largest absolute Gasteiger partial charge is 0.484 e. The minimum absolute atomic E-state index is 0.173. The van der Waals surface area contributed by atoms with Crippen molar-refractivity contribution in [2.45, 2.75) is 63.8 Å². The van der Waals surface area contributed by atoms with E-state index >= 15 is 0 Å². The number of aliphatic carboxylic acids is 1. The summed E-state index contributed by atoms with van der Waals surface area (Å²) in [5.41, 5.74) is 1.78. The minimum atomic E-state index is -1.02. The summed E-state index contributed by atoms with van der Waals surface area (Å²) in [6.07, 6.45) is 8.28. The Kier molecular flexibility index (Phi) is 5.11. The molecule has 4 aliphatic rings. The molecule has 1 atom stereocenters. The number of hydrogen-bond acceptors (Lipinski definition) is 3. The highest BCUT2D eigenvalue weighted by molar-refractivity contribution is 5.84. The number of benzene rings is 1. The Balaban J connectivity index is 1.35. The van der Waals surface area contributed by atoms with Crippen LogP contribution in [0.25, 0.3) is 0 Å². The molecule has 4 fully saturated rings. The van der Waals surface area contributed by atoms with Crippen LogP contribution in [0.5, 0.6) is 5.75 Å². The molecule has 1 amide bonds. The van der Waals surface area contributed by atoms with E-state index < -0.39 is 17.9 Å². The molecule has 4 bridgehead atoms. The van der Waals surface area contributed by atoms with Crippen molar-refractivity contribution in [1.82, 2.24) is 5.32 Å². The van der Waals surface area contributed by atoms with Gasteiger partial charge in [-0.3, -0.25) is 4.79 Å². The van der Waals surface area contributed by atoms with Crippen LogP contribution in [0.1, 0.15) is 57.9 Å². The van der Waals surface area contributed by atoms with Crippen LogP contribution < -0.4 is 10.1 Å². The third-order valence-electron chi connectivity index (χ3n) is 7.12. The number of carbonyl (C=O) groups is 2. The molecule has 4 saturated carbocycles. The van der Waals surface area contributed by atoms with Gasteiger partial charge in [0.25, 0.3) is 5.91 Å². The third-order valence-corrected chi connectivity index (χ3v) is 7.12. The summed E-state index contributed by atoms with van der Waals surface area (Å²) in [6.45, 7) is 3.36. The molecule has 0 aliphatic heterocycles. The average molecular weight is 386 g/mol. The fourth-order valence-corrected chi connectivity index (χ4v) is 6.25. The smallest absolute Gasteiger partial charge is 0.326 e. The maximum Gasteiger partial charge on any atom is 0.326 e. The molecule has 0 saturated heterocycles. The van der Waals surface area contributed by atoms with Gasteiger partial charge in [0, 0.05) is 0 Å². The topological polar surface area (TPSA) is 75.6 Å². The quantitative estimate of drug-likeness (QED) is 0.749. The van der Waals surface area contributed by atoms with E-state index in [4.69, 9.17) is 9.84 Å². The molecule has 0 heterocycles. The predicted molar refractivity (Wildman–Crippen MR) is 106 cm³/mol. The fourth-order valence-electron chi connectivity index (χ4n) is 6.25. The van der Waals surface area contributed by atoms with Gasteiger partial charge in [-0.25, -0.2) is 4.79 Å². The summed E-state index contributed by atoms with van der Waals surface area (Å²) in [5, 5.41) is 11.7. The lowest BCUT2D eigenvalue weighted by Gasteiger charge is -2.57. The zero-order valence-corrected chi connectivity index (χ0v) is 16.8. The zero-order chi connectivity index (χ0) is 19.9. The molecule has 1 aromatic rings. The first kappa shape index (κ1) is 19.3. The first-order chi connectivity index (χ1) is 13.3. The van der Waals surface area contributed by atoms with Crippen LogP contribution in [0.15, 0.2) is 24.3 Å². The van der Waals surface area contributed by atoms with Gasteiger partial charge < -0.3 is 15.2 Å². The van der Waals surface area contributed by atoms with E-state index in [1.54, 1.807) is 13.8 Å². The van der Waals surface area contributed by atoms with Gasteiger partial charge in [0.05, 0.1) is 0 Å². The monoisotopic (exact) mass is 385 g/mol. The molecule has 5 nitrogen and oxygen atoms in total. The summed E-state index contributed by atoms with van der Waals surface area (Å²) >= 11 is 0. The van der Waals surface area contributed by atoms with Crippen molar-refractivity contribution in [2.75, 3.05) is 6.61 Å². The first-order valence-electron chi connectivity index (χ1n) is 10.6. The molecule has 0 aromatic heterocycles. The summed E-state index contributed by atoms with van der Waals surface area (Å²) in [4.78, 5) is 23.2. The normalized spacial score (nSPS) is 31.6. The molecule has 0 radical (unpaired) electrons. The number of ether oxygens (including phenoxy) is 1. The molecule has 4 aliphatic carbocycles. The Hall–Kier alpha value is -2.04. The van der Waals surface area contributed by atoms with E-state index in [9.17, 15) is 9.59 Å². The number of rotatable bonds is 7. The van der Waals surface area contributed by atoms with E-state index in [1.807, 2.05) is 12.1 Å². The first-order valence-corrected chi connectivity index (χ1v) is 10.6. The number of nitrogens with one attached hydrogen (secondary N) is 1. The molecule has 152 valence electrons. The second-order valence-electron chi connectivity index (χ2n) is 9.64. The van der Waals surface area contributed by atoms with Crippen LogP contribution in [-0.2, 0) is 15.0 Å². The zero-order valence-electron chi connectivity index (χ0n) is 16.8. The Morgan fingerprint density at radius 3 is 2.07 bits per heavy atom. The van der Waals surface area contributed by atoms with Crippen molar-refractivity contribution in [3.8, 4) is 5.75 Å². The van der Waals surface area contributed by atoms with Gasteiger partial charge in [-0.1, -0.05) is 26.0 Å². The van der Waals surface area contributed by atoms with Crippen LogP contribution in [0.4, 0.5) is 0 Å². The van der Waals surface area contributed by atoms with Gasteiger partial charge >= 0.3 is 5.97 Å². The minimum Gasteiger partial charge on any atom is -0.484 e. The molecule has 1 aromatic carbocycles. The Morgan fingerprint density at radius 1 is 1.07 bits per heavy atom. The van der Waals surface area contributed by atoms with Crippen LogP contribution in [0, 0.1) is 23.7 Å². The molecule has 5 rings (SSSR count). The van der Waals surface area contributed by atoms with Crippen molar-refractivity contribution < 1.29 is 19.4 Å².